The van der Waals surface area contributed by atoms with Crippen molar-refractivity contribution in [1.82, 2.24) is 34.8 Å². The predicted octanol–water partition coefficient (Wildman–Crippen LogP) is 1.79. The Morgan fingerprint density at radius 2 is 2.19 bits per heavy atom. The van der Waals surface area contributed by atoms with Gasteiger partial charge in [-0.1, -0.05) is 17.3 Å². The first kappa shape index (κ1) is 17.0. The number of benzene rings is 1. The quantitative estimate of drug-likeness (QED) is 0.559. The molecule has 1 amide bonds. The van der Waals surface area contributed by atoms with E-state index in [1.165, 1.54) is 6.33 Å². The normalized spacial score (nSPS) is 12.4. The Bertz CT molecular complexity index is 1060. The van der Waals surface area contributed by atoms with Gasteiger partial charge in [0.15, 0.2) is 11.5 Å². The third-order valence-corrected chi connectivity index (χ3v) is 4.26. The van der Waals surface area contributed by atoms with Gasteiger partial charge in [0.25, 0.3) is 5.91 Å². The summed E-state index contributed by atoms with van der Waals surface area (Å²) in [4.78, 5) is 20.8. The van der Waals surface area contributed by atoms with Crippen LogP contribution in [0.1, 0.15) is 29.0 Å². The number of para-hydroxylation sites is 2. The van der Waals surface area contributed by atoms with Gasteiger partial charge in [-0.3, -0.25) is 9.48 Å². The minimum absolute atomic E-state index is 0.126. The molecule has 0 fully saturated rings. The molecule has 0 aliphatic rings. The SMILES string of the molecule is Cc1nc2ccccc2n1Cc1cc(C(=O)NC(C)Cn2cncn2)no1. The van der Waals surface area contributed by atoms with Crippen LogP contribution in [0.25, 0.3) is 11.0 Å². The molecule has 1 N–H and O–H groups in total. The number of nitrogens with zero attached hydrogens (tertiary/aromatic N) is 6. The molecule has 4 aromatic rings. The lowest BCUT2D eigenvalue weighted by Gasteiger charge is -2.12. The number of carbonyl (C=O) groups excluding carboxylic acids is 1. The molecule has 1 unspecified atom stereocenters. The molecule has 0 bridgehead atoms. The van der Waals surface area contributed by atoms with Gasteiger partial charge in [-0.15, -0.1) is 0 Å². The highest BCUT2D eigenvalue weighted by Crippen LogP contribution is 2.17. The van der Waals surface area contributed by atoms with E-state index in [0.717, 1.165) is 16.9 Å². The molecule has 27 heavy (non-hydrogen) atoms. The summed E-state index contributed by atoms with van der Waals surface area (Å²) in [5.74, 6) is 1.18. The number of aromatic nitrogens is 6. The molecule has 0 spiro atoms. The second-order valence-electron chi connectivity index (χ2n) is 6.40. The third kappa shape index (κ3) is 3.57. The van der Waals surface area contributed by atoms with Crippen molar-refractivity contribution in [3.63, 3.8) is 0 Å². The van der Waals surface area contributed by atoms with Crippen molar-refractivity contribution in [2.75, 3.05) is 0 Å². The number of imidazole rings is 1. The van der Waals surface area contributed by atoms with E-state index in [0.29, 0.717) is 18.8 Å². The van der Waals surface area contributed by atoms with Gasteiger partial charge in [0.2, 0.25) is 0 Å². The number of rotatable bonds is 6. The molecule has 0 aliphatic carbocycles. The first-order chi connectivity index (χ1) is 13.1. The largest absolute Gasteiger partial charge is 0.359 e. The lowest BCUT2D eigenvalue weighted by Crippen LogP contribution is -2.36. The van der Waals surface area contributed by atoms with Gasteiger partial charge in [0, 0.05) is 12.1 Å². The molecule has 0 radical (unpaired) electrons. The van der Waals surface area contributed by atoms with E-state index in [1.54, 1.807) is 17.1 Å². The van der Waals surface area contributed by atoms with Crippen LogP contribution in [0.4, 0.5) is 0 Å². The Balaban J connectivity index is 1.45. The zero-order chi connectivity index (χ0) is 18.8. The van der Waals surface area contributed by atoms with Crippen LogP contribution in [0.5, 0.6) is 0 Å². The fourth-order valence-corrected chi connectivity index (χ4v) is 3.00. The van der Waals surface area contributed by atoms with Crippen molar-refractivity contribution in [3.05, 3.63) is 60.3 Å². The average Bonchev–Trinajstić information content (AvgIpc) is 3.37. The van der Waals surface area contributed by atoms with Crippen molar-refractivity contribution in [2.24, 2.45) is 0 Å². The highest BCUT2D eigenvalue weighted by Gasteiger charge is 2.17. The molecule has 0 saturated heterocycles. The number of nitrogens with one attached hydrogen (secondary N) is 1. The molecule has 0 aliphatic heterocycles. The highest BCUT2D eigenvalue weighted by atomic mass is 16.5. The third-order valence-electron chi connectivity index (χ3n) is 4.26. The van der Waals surface area contributed by atoms with Crippen LogP contribution in [-0.4, -0.2) is 41.4 Å². The van der Waals surface area contributed by atoms with E-state index in [-0.39, 0.29) is 17.6 Å². The number of aryl methyl sites for hydroxylation is 1. The van der Waals surface area contributed by atoms with E-state index in [9.17, 15) is 4.79 Å². The molecular weight excluding hydrogens is 346 g/mol. The summed E-state index contributed by atoms with van der Waals surface area (Å²) < 4.78 is 9.05. The van der Waals surface area contributed by atoms with E-state index < -0.39 is 0 Å². The van der Waals surface area contributed by atoms with Crippen LogP contribution < -0.4 is 5.32 Å². The summed E-state index contributed by atoms with van der Waals surface area (Å²) >= 11 is 0. The van der Waals surface area contributed by atoms with Crippen LogP contribution >= 0.6 is 0 Å². The predicted molar refractivity (Wildman–Crippen MR) is 97.0 cm³/mol. The van der Waals surface area contributed by atoms with E-state index in [1.807, 2.05) is 42.7 Å². The van der Waals surface area contributed by atoms with E-state index >= 15 is 0 Å². The van der Waals surface area contributed by atoms with Crippen molar-refractivity contribution < 1.29 is 9.32 Å². The molecule has 4 rings (SSSR count). The number of carbonyl (C=O) groups is 1. The monoisotopic (exact) mass is 365 g/mol. The van der Waals surface area contributed by atoms with Crippen LogP contribution in [0.15, 0.2) is 47.5 Å². The number of fused-ring (bicyclic) bond motifs is 1. The molecule has 0 saturated carbocycles. The van der Waals surface area contributed by atoms with Crippen LogP contribution in [0, 0.1) is 6.92 Å². The van der Waals surface area contributed by atoms with Gasteiger partial charge < -0.3 is 14.4 Å². The molecule has 9 nitrogen and oxygen atoms in total. The Kier molecular flexibility index (Phi) is 4.41. The molecule has 1 atom stereocenters. The molecule has 3 aromatic heterocycles. The zero-order valence-corrected chi connectivity index (χ0v) is 15.0. The first-order valence-corrected chi connectivity index (χ1v) is 8.61. The molecule has 1 aromatic carbocycles. The minimum Gasteiger partial charge on any atom is -0.359 e. The number of hydrogen-bond donors (Lipinski definition) is 1. The summed E-state index contributed by atoms with van der Waals surface area (Å²) in [6.45, 7) is 4.81. The lowest BCUT2D eigenvalue weighted by molar-refractivity contribution is 0.0926. The molecular formula is C18H19N7O2. The number of hydrogen-bond acceptors (Lipinski definition) is 6. The second-order valence-corrected chi connectivity index (χ2v) is 6.40. The van der Waals surface area contributed by atoms with Crippen LogP contribution in [0.3, 0.4) is 0 Å². The van der Waals surface area contributed by atoms with Gasteiger partial charge in [-0.05, 0) is 26.0 Å². The lowest BCUT2D eigenvalue weighted by atomic mass is 10.3. The highest BCUT2D eigenvalue weighted by molar-refractivity contribution is 5.92. The fraction of sp³-hybridized carbons (Fsp3) is 0.278. The zero-order valence-electron chi connectivity index (χ0n) is 15.0. The summed E-state index contributed by atoms with van der Waals surface area (Å²) in [6, 6.07) is 9.43. The van der Waals surface area contributed by atoms with Gasteiger partial charge >= 0.3 is 0 Å². The van der Waals surface area contributed by atoms with Gasteiger partial charge in [0.1, 0.15) is 18.5 Å². The maximum atomic E-state index is 12.4. The van der Waals surface area contributed by atoms with Crippen LogP contribution in [0.2, 0.25) is 0 Å². The van der Waals surface area contributed by atoms with Gasteiger partial charge in [-0.2, -0.15) is 5.10 Å². The minimum atomic E-state index is -0.287. The summed E-state index contributed by atoms with van der Waals surface area (Å²) in [5.41, 5.74) is 2.19. The second kappa shape index (κ2) is 7.02. The van der Waals surface area contributed by atoms with Crippen molar-refractivity contribution in [3.8, 4) is 0 Å². The maximum Gasteiger partial charge on any atom is 0.273 e. The molecule has 9 heteroatoms. The standard InChI is InChI=1S/C18H19N7O2/c1-12(8-24-11-19-10-20-24)21-18(26)16-7-14(27-23-16)9-25-13(2)22-15-5-3-4-6-17(15)25/h3-7,10-12H,8-9H2,1-2H3,(H,21,26). The average molecular weight is 365 g/mol. The maximum absolute atomic E-state index is 12.4. The van der Waals surface area contributed by atoms with E-state index in [4.69, 9.17) is 4.52 Å². The van der Waals surface area contributed by atoms with E-state index in [2.05, 4.69) is 25.5 Å². The molecule has 3 heterocycles. The van der Waals surface area contributed by atoms with Crippen molar-refractivity contribution in [2.45, 2.75) is 33.0 Å². The summed E-state index contributed by atoms with van der Waals surface area (Å²) in [6.07, 6.45) is 3.06. The van der Waals surface area contributed by atoms with Crippen molar-refractivity contribution in [1.29, 1.82) is 0 Å². The topological polar surface area (TPSA) is 104 Å². The Morgan fingerprint density at radius 1 is 1.33 bits per heavy atom. The van der Waals surface area contributed by atoms with Crippen LogP contribution in [-0.2, 0) is 13.1 Å². The Labute approximate surface area is 155 Å². The fourth-order valence-electron chi connectivity index (χ4n) is 3.00. The van der Waals surface area contributed by atoms with Gasteiger partial charge in [-0.25, -0.2) is 9.97 Å². The summed E-state index contributed by atoms with van der Waals surface area (Å²) in [5, 5.41) is 10.8. The van der Waals surface area contributed by atoms with Gasteiger partial charge in [0.05, 0.1) is 24.1 Å². The molecule has 138 valence electrons. The number of amides is 1. The Morgan fingerprint density at radius 3 is 3.00 bits per heavy atom. The first-order valence-electron chi connectivity index (χ1n) is 8.61. The van der Waals surface area contributed by atoms with Crippen molar-refractivity contribution >= 4 is 16.9 Å². The summed E-state index contributed by atoms with van der Waals surface area (Å²) in [7, 11) is 0. The Hall–Kier alpha value is -3.49. The smallest absolute Gasteiger partial charge is 0.273 e.